The zero-order valence-electron chi connectivity index (χ0n) is 51.7. The minimum absolute atomic E-state index is 0.0140. The van der Waals surface area contributed by atoms with Gasteiger partial charge in [0, 0.05) is 6.42 Å². The van der Waals surface area contributed by atoms with Gasteiger partial charge in [-0.15, -0.1) is 0 Å². The van der Waals surface area contributed by atoms with Crippen LogP contribution in [0.25, 0.3) is 0 Å². The standard InChI is InChI=1S/C67H133N2O6P/c1-6-8-10-12-14-16-18-20-22-24-26-28-30-32-33-34-35-37-39-41-43-45-47-49-51-53-55-57-59-61-67(71)68-65(64-75-76(72,73)74-63-62-69(3,4)5)66(70)60-58-56-54-52-50-48-46-44-42-40-38-36-31-29-27-25-23-21-19-17-15-13-11-9-7-2/h26,28,32-33,65-66,70H,6-25,27,29-31,34-64H2,1-5H3,(H-,68,71,72,73)/b28-26-,33-32-. The molecule has 0 aliphatic carbocycles. The molecule has 452 valence electrons. The van der Waals surface area contributed by atoms with Crippen LogP contribution < -0.4 is 10.2 Å². The van der Waals surface area contributed by atoms with Crippen molar-refractivity contribution in [3.05, 3.63) is 24.3 Å². The molecule has 0 aliphatic rings. The first-order chi connectivity index (χ1) is 37.0. The first kappa shape index (κ1) is 75.0. The van der Waals surface area contributed by atoms with E-state index in [0.717, 1.165) is 44.9 Å². The number of aliphatic hydroxyl groups is 1. The van der Waals surface area contributed by atoms with Crippen LogP contribution in [0.5, 0.6) is 0 Å². The number of likely N-dealkylation sites (N-methyl/N-ethyl adjacent to an activating group) is 1. The second-order valence-corrected chi connectivity index (χ2v) is 25.9. The molecule has 0 aliphatic heterocycles. The lowest BCUT2D eigenvalue weighted by atomic mass is 10.0. The van der Waals surface area contributed by atoms with E-state index in [2.05, 4.69) is 43.5 Å². The van der Waals surface area contributed by atoms with Gasteiger partial charge in [0.1, 0.15) is 13.2 Å². The summed E-state index contributed by atoms with van der Waals surface area (Å²) in [4.78, 5) is 25.6. The maximum Gasteiger partial charge on any atom is 0.268 e. The smallest absolute Gasteiger partial charge is 0.268 e. The molecule has 0 bridgehead atoms. The molecule has 0 fully saturated rings. The third kappa shape index (κ3) is 60.6. The molecule has 8 nitrogen and oxygen atoms in total. The van der Waals surface area contributed by atoms with Gasteiger partial charge in [0.2, 0.25) is 5.91 Å². The summed E-state index contributed by atoms with van der Waals surface area (Å²) in [7, 11) is 1.32. The molecule has 0 spiro atoms. The third-order valence-corrected chi connectivity index (χ3v) is 16.7. The maximum atomic E-state index is 13.0. The molecule has 0 heterocycles. The molecule has 0 aromatic carbocycles. The SMILES string of the molecule is CCCCCCCCCCC/C=C\C/C=C\CCCCCCCCCCCCCCCC(=O)NC(COP(=O)([O-])OCC[N+](C)(C)C)C(O)CCCCCCCCCCCCCCCCCCCCCCCCCCC. The number of phosphoric ester groups is 1. The summed E-state index contributed by atoms with van der Waals surface area (Å²) in [5, 5.41) is 14.1. The number of carbonyl (C=O) groups excluding carboxylic acids is 1. The number of rotatable bonds is 63. The lowest BCUT2D eigenvalue weighted by Crippen LogP contribution is -2.46. The Bertz CT molecular complexity index is 1290. The van der Waals surface area contributed by atoms with Crippen LogP contribution in [0.2, 0.25) is 0 Å². The predicted molar refractivity (Wildman–Crippen MR) is 330 cm³/mol. The Balaban J connectivity index is 4.05. The van der Waals surface area contributed by atoms with E-state index in [1.54, 1.807) is 0 Å². The molecule has 76 heavy (non-hydrogen) atoms. The second-order valence-electron chi connectivity index (χ2n) is 24.5. The Morgan fingerprint density at radius 3 is 1.09 bits per heavy atom. The number of unbranched alkanes of at least 4 members (excludes halogenated alkanes) is 46. The van der Waals surface area contributed by atoms with Crippen LogP contribution in [0.15, 0.2) is 24.3 Å². The van der Waals surface area contributed by atoms with E-state index >= 15 is 0 Å². The normalized spacial score (nSPS) is 13.8. The van der Waals surface area contributed by atoms with Gasteiger partial charge in [-0.25, -0.2) is 0 Å². The fraction of sp³-hybridized carbons (Fsp3) is 0.925. The quantitative estimate of drug-likeness (QED) is 0.0272. The molecule has 3 atom stereocenters. The van der Waals surface area contributed by atoms with Crippen LogP contribution >= 0.6 is 7.82 Å². The molecule has 2 N–H and O–H groups in total. The molecule has 0 saturated heterocycles. The topological polar surface area (TPSA) is 108 Å². The Hall–Kier alpha value is -1.02. The van der Waals surface area contributed by atoms with Gasteiger partial charge in [-0.3, -0.25) is 9.36 Å². The first-order valence-corrected chi connectivity index (χ1v) is 35.1. The molecule has 3 unspecified atom stereocenters. The van der Waals surface area contributed by atoms with Crippen molar-refractivity contribution in [2.45, 2.75) is 360 Å². The van der Waals surface area contributed by atoms with Crippen LogP contribution in [-0.4, -0.2) is 68.5 Å². The number of hydrogen-bond donors (Lipinski definition) is 2. The number of carbonyl (C=O) groups is 1. The molecule has 0 aromatic heterocycles. The van der Waals surface area contributed by atoms with Gasteiger partial charge < -0.3 is 28.8 Å². The lowest BCUT2D eigenvalue weighted by Gasteiger charge is -2.30. The van der Waals surface area contributed by atoms with Gasteiger partial charge in [-0.2, -0.15) is 0 Å². The van der Waals surface area contributed by atoms with Gasteiger partial charge >= 0.3 is 0 Å². The third-order valence-electron chi connectivity index (χ3n) is 15.7. The molecule has 0 rings (SSSR count). The highest BCUT2D eigenvalue weighted by Gasteiger charge is 2.24. The summed E-state index contributed by atoms with van der Waals surface area (Å²) < 4.78 is 23.5. The van der Waals surface area contributed by atoms with E-state index in [1.807, 2.05) is 21.1 Å². The number of nitrogens with zero attached hydrogens (tertiary/aromatic N) is 1. The first-order valence-electron chi connectivity index (χ1n) is 33.7. The van der Waals surface area contributed by atoms with Crippen LogP contribution in [0.3, 0.4) is 0 Å². The maximum absolute atomic E-state index is 13.0. The van der Waals surface area contributed by atoms with Crippen LogP contribution in [0.4, 0.5) is 0 Å². The number of amides is 1. The zero-order valence-corrected chi connectivity index (χ0v) is 52.6. The second kappa shape index (κ2) is 58.6. The number of hydrogen-bond acceptors (Lipinski definition) is 6. The van der Waals surface area contributed by atoms with Crippen molar-refractivity contribution < 1.29 is 32.9 Å². The highest BCUT2D eigenvalue weighted by molar-refractivity contribution is 7.45. The Kier molecular flexibility index (Phi) is 57.8. The fourth-order valence-electron chi connectivity index (χ4n) is 10.4. The van der Waals surface area contributed by atoms with Crippen molar-refractivity contribution in [2.24, 2.45) is 0 Å². The minimum Gasteiger partial charge on any atom is -0.756 e. The Morgan fingerprint density at radius 2 is 0.763 bits per heavy atom. The lowest BCUT2D eigenvalue weighted by molar-refractivity contribution is -0.870. The van der Waals surface area contributed by atoms with Crippen molar-refractivity contribution >= 4 is 13.7 Å². The van der Waals surface area contributed by atoms with Crippen LogP contribution in [-0.2, 0) is 18.4 Å². The molecule has 0 aromatic rings. The molecular formula is C67H133N2O6P. The van der Waals surface area contributed by atoms with Gasteiger partial charge in [-0.1, -0.05) is 321 Å². The average Bonchev–Trinajstić information content (AvgIpc) is 3.38. The van der Waals surface area contributed by atoms with E-state index < -0.39 is 20.0 Å². The summed E-state index contributed by atoms with van der Waals surface area (Å²) in [5.74, 6) is -0.159. The molecule has 9 heteroatoms. The minimum atomic E-state index is -4.58. The van der Waals surface area contributed by atoms with Crippen molar-refractivity contribution in [2.75, 3.05) is 40.9 Å². The summed E-state index contributed by atoms with van der Waals surface area (Å²) in [6.45, 7) is 4.78. The number of quaternary nitrogens is 1. The number of aliphatic hydroxyl groups excluding tert-OH is 1. The number of phosphoric acid groups is 1. The van der Waals surface area contributed by atoms with Crippen LogP contribution in [0.1, 0.15) is 348 Å². The summed E-state index contributed by atoms with van der Waals surface area (Å²) in [6, 6.07) is -0.801. The van der Waals surface area contributed by atoms with Crippen molar-refractivity contribution in [3.63, 3.8) is 0 Å². The largest absolute Gasteiger partial charge is 0.756 e. The molecule has 0 radical (unpaired) electrons. The van der Waals surface area contributed by atoms with Crippen molar-refractivity contribution in [3.8, 4) is 0 Å². The van der Waals surface area contributed by atoms with Crippen molar-refractivity contribution in [1.29, 1.82) is 0 Å². The highest BCUT2D eigenvalue weighted by atomic mass is 31.2. The summed E-state index contributed by atoms with van der Waals surface area (Å²) in [6.07, 6.45) is 75.3. The molecular weight excluding hydrogens is 960 g/mol. The summed E-state index contributed by atoms with van der Waals surface area (Å²) in [5.41, 5.74) is 0. The Morgan fingerprint density at radius 1 is 0.461 bits per heavy atom. The molecule has 0 saturated carbocycles. The molecule has 1 amide bonds. The Labute approximate surface area is 474 Å². The predicted octanol–water partition coefficient (Wildman–Crippen LogP) is 20.5. The summed E-state index contributed by atoms with van der Waals surface area (Å²) >= 11 is 0. The van der Waals surface area contributed by atoms with E-state index in [-0.39, 0.29) is 19.1 Å². The van der Waals surface area contributed by atoms with E-state index in [1.165, 1.54) is 276 Å². The number of nitrogens with one attached hydrogen (secondary N) is 1. The zero-order chi connectivity index (χ0) is 55.6. The van der Waals surface area contributed by atoms with Gasteiger partial charge in [0.05, 0.1) is 39.9 Å². The monoisotopic (exact) mass is 1090 g/mol. The van der Waals surface area contributed by atoms with Gasteiger partial charge in [0.15, 0.2) is 0 Å². The number of allylic oxidation sites excluding steroid dienone is 4. The fourth-order valence-corrected chi connectivity index (χ4v) is 11.2. The van der Waals surface area contributed by atoms with Gasteiger partial charge in [-0.05, 0) is 44.9 Å². The average molecular weight is 1090 g/mol. The van der Waals surface area contributed by atoms with E-state index in [0.29, 0.717) is 23.9 Å². The van der Waals surface area contributed by atoms with E-state index in [4.69, 9.17) is 9.05 Å². The van der Waals surface area contributed by atoms with Crippen molar-refractivity contribution in [1.82, 2.24) is 5.32 Å². The van der Waals surface area contributed by atoms with Crippen LogP contribution in [0, 0.1) is 0 Å². The van der Waals surface area contributed by atoms with Gasteiger partial charge in [0.25, 0.3) is 7.82 Å². The highest BCUT2D eigenvalue weighted by Crippen LogP contribution is 2.38. The van der Waals surface area contributed by atoms with E-state index in [9.17, 15) is 19.4 Å².